The highest BCUT2D eigenvalue weighted by Crippen LogP contribution is 2.61. The lowest BCUT2D eigenvalue weighted by molar-refractivity contribution is -0.122. The number of esters is 1. The molecule has 0 unspecified atom stereocenters. The molecule has 0 radical (unpaired) electrons. The smallest absolute Gasteiger partial charge is 0.338 e. The van der Waals surface area contributed by atoms with Gasteiger partial charge in [0.05, 0.1) is 23.1 Å². The molecule has 3 amide bonds. The zero-order valence-electron chi connectivity index (χ0n) is 23.5. The number of nitrogens with zero attached hydrogens (tertiary/aromatic N) is 1. The topological polar surface area (TPSA) is 92.8 Å². The van der Waals surface area contributed by atoms with E-state index in [2.05, 4.69) is 29.6 Å². The molecule has 1 saturated heterocycles. The van der Waals surface area contributed by atoms with Gasteiger partial charge >= 0.3 is 5.97 Å². The van der Waals surface area contributed by atoms with Crippen LogP contribution in [0.15, 0.2) is 115 Å². The first-order valence-corrected chi connectivity index (χ1v) is 14.6. The summed E-state index contributed by atoms with van der Waals surface area (Å²) in [6, 6.07) is 35.7. The minimum Gasteiger partial charge on any atom is -0.452 e. The highest BCUT2D eigenvalue weighted by Gasteiger charge is 2.61. The average molecular weight is 579 g/mol. The standard InChI is InChI=1S/C37H26N2O5/c40-30(38-29-15-7-9-21-8-1-2-10-24(21)29)20-44-37(43)22-16-18-23(19-17-22)39-35(41)33-31-25-11-3-4-12-26(25)32(34(33)36(39)42)28-14-6-5-13-27(28)31/h1-19,31-34H,20H2,(H,38,40)/t31?,32?,33-,34-/m0/s1. The summed E-state index contributed by atoms with van der Waals surface area (Å²) in [7, 11) is 0. The van der Waals surface area contributed by atoms with Crippen molar-refractivity contribution in [3.05, 3.63) is 143 Å². The second kappa shape index (κ2) is 10.0. The summed E-state index contributed by atoms with van der Waals surface area (Å²) in [4.78, 5) is 54.5. The van der Waals surface area contributed by atoms with Crippen molar-refractivity contribution in [3.8, 4) is 0 Å². The lowest BCUT2D eigenvalue weighted by Gasteiger charge is -2.45. The Labute approximate surface area is 253 Å². The molecular weight excluding hydrogens is 552 g/mol. The van der Waals surface area contributed by atoms with E-state index < -0.39 is 30.3 Å². The van der Waals surface area contributed by atoms with Gasteiger partial charge in [-0.15, -0.1) is 0 Å². The second-order valence-electron chi connectivity index (χ2n) is 11.5. The van der Waals surface area contributed by atoms with E-state index in [-0.39, 0.29) is 29.2 Å². The minimum absolute atomic E-state index is 0.187. The van der Waals surface area contributed by atoms with Crippen LogP contribution < -0.4 is 10.2 Å². The maximum absolute atomic E-state index is 14.0. The van der Waals surface area contributed by atoms with Gasteiger partial charge in [-0.1, -0.05) is 84.9 Å². The number of benzene rings is 5. The lowest BCUT2D eigenvalue weighted by Crippen LogP contribution is -2.41. The molecule has 1 N–H and O–H groups in total. The van der Waals surface area contributed by atoms with Gasteiger partial charge in [0.25, 0.3) is 5.91 Å². The van der Waals surface area contributed by atoms with E-state index in [1.165, 1.54) is 17.0 Å². The largest absolute Gasteiger partial charge is 0.452 e. The molecule has 0 saturated carbocycles. The van der Waals surface area contributed by atoms with E-state index >= 15 is 0 Å². The molecule has 5 aromatic rings. The van der Waals surface area contributed by atoms with Crippen LogP contribution in [0.3, 0.4) is 0 Å². The Kier molecular flexibility index (Phi) is 5.94. The first-order chi connectivity index (χ1) is 21.5. The molecule has 1 fully saturated rings. The number of hydrogen-bond acceptors (Lipinski definition) is 5. The Bertz CT molecular complexity index is 1900. The van der Waals surface area contributed by atoms with Crippen molar-refractivity contribution in [2.45, 2.75) is 11.8 Å². The fraction of sp³-hybridized carbons (Fsp3) is 0.135. The molecule has 7 nitrogen and oxygen atoms in total. The summed E-state index contributed by atoms with van der Waals surface area (Å²) in [5.41, 5.74) is 5.71. The highest BCUT2D eigenvalue weighted by atomic mass is 16.5. The number of nitrogens with one attached hydrogen (secondary N) is 1. The Morgan fingerprint density at radius 3 is 1.75 bits per heavy atom. The number of fused-ring (bicyclic) bond motifs is 1. The second-order valence-corrected chi connectivity index (χ2v) is 11.5. The number of carbonyl (C=O) groups excluding carboxylic acids is 4. The molecule has 1 heterocycles. The highest BCUT2D eigenvalue weighted by molar-refractivity contribution is 6.23. The molecule has 44 heavy (non-hydrogen) atoms. The van der Waals surface area contributed by atoms with Crippen molar-refractivity contribution >= 4 is 45.8 Å². The van der Waals surface area contributed by atoms with E-state index in [1.54, 1.807) is 18.2 Å². The van der Waals surface area contributed by atoms with Gasteiger partial charge in [0.2, 0.25) is 11.8 Å². The molecule has 0 aromatic heterocycles. The zero-order valence-corrected chi connectivity index (χ0v) is 23.5. The molecule has 7 heteroatoms. The van der Waals surface area contributed by atoms with Gasteiger partial charge < -0.3 is 10.1 Å². The number of rotatable bonds is 5. The number of hydrogen-bond donors (Lipinski definition) is 1. The van der Waals surface area contributed by atoms with E-state index in [0.717, 1.165) is 33.0 Å². The van der Waals surface area contributed by atoms with Crippen LogP contribution >= 0.6 is 0 Å². The molecule has 1 aliphatic heterocycles. The van der Waals surface area contributed by atoms with E-state index in [4.69, 9.17) is 4.74 Å². The molecule has 5 aromatic carbocycles. The van der Waals surface area contributed by atoms with Crippen LogP contribution in [0.4, 0.5) is 11.4 Å². The zero-order chi connectivity index (χ0) is 29.9. The lowest BCUT2D eigenvalue weighted by atomic mass is 9.55. The Morgan fingerprint density at radius 2 is 1.16 bits per heavy atom. The SMILES string of the molecule is O=C(COC(=O)c1ccc(N2C(=O)[C@H]3C4c5ccccc5C(c5ccccc54)[C@@H]3C2=O)cc1)Nc1cccc2ccccc12. The van der Waals surface area contributed by atoms with Crippen LogP contribution in [0.5, 0.6) is 0 Å². The van der Waals surface area contributed by atoms with Crippen molar-refractivity contribution in [2.75, 3.05) is 16.8 Å². The van der Waals surface area contributed by atoms with Crippen LogP contribution in [-0.4, -0.2) is 30.3 Å². The molecule has 214 valence electrons. The van der Waals surface area contributed by atoms with Gasteiger partial charge in [0, 0.05) is 22.9 Å². The summed E-state index contributed by atoms with van der Waals surface area (Å²) >= 11 is 0. The Balaban J connectivity index is 0.992. The first kappa shape index (κ1) is 26.1. The van der Waals surface area contributed by atoms with Crippen molar-refractivity contribution in [3.63, 3.8) is 0 Å². The molecule has 2 bridgehead atoms. The first-order valence-electron chi connectivity index (χ1n) is 14.6. The van der Waals surface area contributed by atoms with Crippen molar-refractivity contribution in [1.29, 1.82) is 0 Å². The van der Waals surface area contributed by atoms with Crippen LogP contribution in [0.25, 0.3) is 10.8 Å². The molecule has 9 rings (SSSR count). The van der Waals surface area contributed by atoms with Gasteiger partial charge in [-0.2, -0.15) is 0 Å². The van der Waals surface area contributed by atoms with Crippen LogP contribution in [0.1, 0.15) is 44.4 Å². The van der Waals surface area contributed by atoms with Gasteiger partial charge in [0.1, 0.15) is 0 Å². The quantitative estimate of drug-likeness (QED) is 0.203. The van der Waals surface area contributed by atoms with Crippen LogP contribution in [0.2, 0.25) is 0 Å². The number of anilines is 2. The summed E-state index contributed by atoms with van der Waals surface area (Å²) in [6.07, 6.45) is 0. The van der Waals surface area contributed by atoms with E-state index in [9.17, 15) is 19.2 Å². The van der Waals surface area contributed by atoms with Gasteiger partial charge in [-0.25, -0.2) is 9.69 Å². The molecule has 0 spiro atoms. The fourth-order valence-corrected chi connectivity index (χ4v) is 7.41. The van der Waals surface area contributed by atoms with Crippen molar-refractivity contribution < 1.29 is 23.9 Å². The van der Waals surface area contributed by atoms with Gasteiger partial charge in [-0.3, -0.25) is 14.4 Å². The maximum atomic E-state index is 14.0. The van der Waals surface area contributed by atoms with Crippen LogP contribution in [0, 0.1) is 11.8 Å². The van der Waals surface area contributed by atoms with Crippen molar-refractivity contribution in [1.82, 2.24) is 0 Å². The number of ether oxygens (including phenoxy) is 1. The number of imide groups is 1. The monoisotopic (exact) mass is 578 g/mol. The molecular formula is C37H26N2O5. The summed E-state index contributed by atoms with van der Waals surface area (Å²) in [5.74, 6) is -2.93. The predicted molar refractivity (Wildman–Crippen MR) is 165 cm³/mol. The van der Waals surface area contributed by atoms with Gasteiger partial charge in [0.15, 0.2) is 6.61 Å². The maximum Gasteiger partial charge on any atom is 0.338 e. The summed E-state index contributed by atoms with van der Waals surface area (Å²) < 4.78 is 5.27. The molecule has 2 atom stereocenters. The number of carbonyl (C=O) groups is 4. The Morgan fingerprint density at radius 1 is 0.636 bits per heavy atom. The minimum atomic E-state index is -0.679. The third-order valence-electron chi connectivity index (χ3n) is 9.21. The third kappa shape index (κ3) is 3.89. The summed E-state index contributed by atoms with van der Waals surface area (Å²) in [5, 5.41) is 4.67. The van der Waals surface area contributed by atoms with Crippen molar-refractivity contribution in [2.24, 2.45) is 11.8 Å². The average Bonchev–Trinajstić information content (AvgIpc) is 3.33. The predicted octanol–water partition coefficient (Wildman–Crippen LogP) is 6.03. The van der Waals surface area contributed by atoms with Crippen LogP contribution in [-0.2, 0) is 19.1 Å². The normalized spacial score (nSPS) is 21.0. The summed E-state index contributed by atoms with van der Waals surface area (Å²) in [6.45, 7) is -0.458. The van der Waals surface area contributed by atoms with E-state index in [0.29, 0.717) is 11.4 Å². The molecule has 3 aliphatic carbocycles. The fourth-order valence-electron chi connectivity index (χ4n) is 7.41. The number of amides is 3. The van der Waals surface area contributed by atoms with E-state index in [1.807, 2.05) is 60.7 Å². The van der Waals surface area contributed by atoms with Gasteiger partial charge in [-0.05, 0) is 58.0 Å². The Hall–Kier alpha value is -5.56. The molecule has 4 aliphatic rings. The third-order valence-corrected chi connectivity index (χ3v) is 9.21.